The number of carbonyl (C=O) groups excluding carboxylic acids is 1. The van der Waals surface area contributed by atoms with Gasteiger partial charge in [-0.25, -0.2) is 9.97 Å². The molecule has 24 heavy (non-hydrogen) atoms. The molecule has 128 valence electrons. The van der Waals surface area contributed by atoms with E-state index in [1.165, 1.54) is 0 Å². The number of nitrogens with zero attached hydrogens (tertiary/aromatic N) is 5. The molecule has 0 unspecified atom stereocenters. The van der Waals surface area contributed by atoms with Crippen molar-refractivity contribution >= 4 is 5.91 Å². The Morgan fingerprint density at radius 2 is 2.21 bits per heavy atom. The van der Waals surface area contributed by atoms with Gasteiger partial charge in [-0.3, -0.25) is 9.48 Å². The molecule has 0 bridgehead atoms. The highest BCUT2D eigenvalue weighted by Crippen LogP contribution is 2.23. The number of hydrogen-bond acceptors (Lipinski definition) is 4. The molecule has 0 spiro atoms. The van der Waals surface area contributed by atoms with E-state index in [2.05, 4.69) is 35.0 Å². The average Bonchev–Trinajstić information content (AvgIpc) is 3.05. The molecular formula is C18H25N5O. The number of carbonyl (C=O) groups is 1. The van der Waals surface area contributed by atoms with E-state index in [0.717, 1.165) is 49.4 Å². The standard InChI is InChI=1S/C18H25N5O/c1-13(2)23-18(6-7-21-23)17-10-16(19-12-20-17)9-15-5-4-8-22(11-15)14(3)24/h6-7,10,12-13,15H,4-5,8-9,11H2,1-3H3/t15-/m0/s1. The van der Waals surface area contributed by atoms with Crippen LogP contribution in [-0.4, -0.2) is 43.6 Å². The lowest BCUT2D eigenvalue weighted by atomic mass is 9.93. The van der Waals surface area contributed by atoms with Gasteiger partial charge in [0.05, 0.1) is 11.4 Å². The van der Waals surface area contributed by atoms with Crippen molar-refractivity contribution in [1.82, 2.24) is 24.6 Å². The Kier molecular flexibility index (Phi) is 4.92. The third kappa shape index (κ3) is 3.63. The Hall–Kier alpha value is -2.24. The second-order valence-electron chi connectivity index (χ2n) is 6.83. The van der Waals surface area contributed by atoms with Crippen LogP contribution in [0.5, 0.6) is 0 Å². The second kappa shape index (κ2) is 7.11. The summed E-state index contributed by atoms with van der Waals surface area (Å²) in [5, 5.41) is 4.38. The lowest BCUT2D eigenvalue weighted by Crippen LogP contribution is -2.39. The zero-order chi connectivity index (χ0) is 17.1. The van der Waals surface area contributed by atoms with Crippen LogP contribution in [0.4, 0.5) is 0 Å². The first kappa shape index (κ1) is 16.6. The minimum Gasteiger partial charge on any atom is -0.343 e. The summed E-state index contributed by atoms with van der Waals surface area (Å²) in [6.45, 7) is 7.58. The Morgan fingerprint density at radius 1 is 1.38 bits per heavy atom. The van der Waals surface area contributed by atoms with E-state index in [1.807, 2.05) is 21.8 Å². The predicted molar refractivity (Wildman–Crippen MR) is 92.3 cm³/mol. The van der Waals surface area contributed by atoms with Gasteiger partial charge >= 0.3 is 0 Å². The summed E-state index contributed by atoms with van der Waals surface area (Å²) >= 11 is 0. The van der Waals surface area contributed by atoms with E-state index >= 15 is 0 Å². The van der Waals surface area contributed by atoms with Gasteiger partial charge in [-0.05, 0) is 51.2 Å². The first-order valence-corrected chi connectivity index (χ1v) is 8.65. The highest BCUT2D eigenvalue weighted by Gasteiger charge is 2.22. The molecular weight excluding hydrogens is 302 g/mol. The average molecular weight is 327 g/mol. The molecule has 0 saturated carbocycles. The van der Waals surface area contributed by atoms with Crippen LogP contribution in [0.15, 0.2) is 24.7 Å². The van der Waals surface area contributed by atoms with Crippen molar-refractivity contribution in [3.05, 3.63) is 30.4 Å². The van der Waals surface area contributed by atoms with E-state index in [0.29, 0.717) is 5.92 Å². The molecule has 3 rings (SSSR count). The van der Waals surface area contributed by atoms with Crippen molar-refractivity contribution in [2.45, 2.75) is 46.1 Å². The quantitative estimate of drug-likeness (QED) is 0.866. The molecule has 6 nitrogen and oxygen atoms in total. The summed E-state index contributed by atoms with van der Waals surface area (Å²) in [6, 6.07) is 4.34. The molecule has 2 aromatic rings. The molecule has 0 aromatic carbocycles. The summed E-state index contributed by atoms with van der Waals surface area (Å²) < 4.78 is 1.98. The minimum absolute atomic E-state index is 0.170. The maximum Gasteiger partial charge on any atom is 0.219 e. The van der Waals surface area contributed by atoms with Gasteiger partial charge in [-0.15, -0.1) is 0 Å². The van der Waals surface area contributed by atoms with Gasteiger partial charge < -0.3 is 4.90 Å². The van der Waals surface area contributed by atoms with Gasteiger partial charge in [0.1, 0.15) is 6.33 Å². The monoisotopic (exact) mass is 327 g/mol. The highest BCUT2D eigenvalue weighted by atomic mass is 16.2. The number of amides is 1. The molecule has 6 heteroatoms. The van der Waals surface area contributed by atoms with Crippen LogP contribution < -0.4 is 0 Å². The van der Waals surface area contributed by atoms with Gasteiger partial charge in [0.25, 0.3) is 0 Å². The Bertz CT molecular complexity index is 709. The summed E-state index contributed by atoms with van der Waals surface area (Å²) in [4.78, 5) is 22.4. The number of likely N-dealkylation sites (tertiary alicyclic amines) is 1. The van der Waals surface area contributed by atoms with Crippen molar-refractivity contribution in [2.24, 2.45) is 5.92 Å². The summed E-state index contributed by atoms with van der Waals surface area (Å²) in [5.74, 6) is 0.643. The number of hydrogen-bond donors (Lipinski definition) is 0. The molecule has 3 heterocycles. The van der Waals surface area contributed by atoms with Crippen molar-refractivity contribution < 1.29 is 4.79 Å². The zero-order valence-corrected chi connectivity index (χ0v) is 14.6. The van der Waals surface area contributed by atoms with Crippen LogP contribution in [0.1, 0.15) is 45.3 Å². The van der Waals surface area contributed by atoms with Crippen LogP contribution in [-0.2, 0) is 11.2 Å². The van der Waals surface area contributed by atoms with Gasteiger partial charge in [-0.1, -0.05) is 0 Å². The van der Waals surface area contributed by atoms with Crippen molar-refractivity contribution in [3.8, 4) is 11.4 Å². The third-order valence-electron chi connectivity index (χ3n) is 4.61. The molecule has 1 aliphatic rings. The molecule has 1 atom stereocenters. The molecule has 0 N–H and O–H groups in total. The van der Waals surface area contributed by atoms with Crippen molar-refractivity contribution in [2.75, 3.05) is 13.1 Å². The normalized spacial score (nSPS) is 18.2. The fourth-order valence-electron chi connectivity index (χ4n) is 3.39. The van der Waals surface area contributed by atoms with Crippen molar-refractivity contribution in [1.29, 1.82) is 0 Å². The molecule has 2 aromatic heterocycles. The maximum atomic E-state index is 11.6. The van der Waals surface area contributed by atoms with Crippen LogP contribution in [0.3, 0.4) is 0 Å². The molecule has 0 radical (unpaired) electrons. The highest BCUT2D eigenvalue weighted by molar-refractivity contribution is 5.73. The number of rotatable bonds is 4. The predicted octanol–water partition coefficient (Wildman–Crippen LogP) is 2.72. The maximum absolute atomic E-state index is 11.6. The van der Waals surface area contributed by atoms with E-state index < -0.39 is 0 Å². The Morgan fingerprint density at radius 3 is 2.96 bits per heavy atom. The Labute approximate surface area is 142 Å². The topological polar surface area (TPSA) is 63.9 Å². The van der Waals surface area contributed by atoms with E-state index in [4.69, 9.17) is 0 Å². The first-order valence-electron chi connectivity index (χ1n) is 8.65. The van der Waals surface area contributed by atoms with E-state index in [9.17, 15) is 4.79 Å². The lowest BCUT2D eigenvalue weighted by Gasteiger charge is -2.32. The summed E-state index contributed by atoms with van der Waals surface area (Å²) in [6.07, 6.45) is 6.54. The first-order chi connectivity index (χ1) is 11.5. The van der Waals surface area contributed by atoms with Gasteiger partial charge in [-0.2, -0.15) is 5.10 Å². The fraction of sp³-hybridized carbons (Fsp3) is 0.556. The molecule has 1 amide bonds. The number of aromatic nitrogens is 4. The zero-order valence-electron chi connectivity index (χ0n) is 14.6. The van der Waals surface area contributed by atoms with Gasteiger partial charge in [0.15, 0.2) is 0 Å². The molecule has 1 saturated heterocycles. The van der Waals surface area contributed by atoms with Crippen LogP contribution >= 0.6 is 0 Å². The van der Waals surface area contributed by atoms with Crippen LogP contribution in [0, 0.1) is 5.92 Å². The number of piperidine rings is 1. The Balaban J connectivity index is 1.76. The second-order valence-corrected chi connectivity index (χ2v) is 6.83. The largest absolute Gasteiger partial charge is 0.343 e. The minimum atomic E-state index is 0.170. The van der Waals surface area contributed by atoms with E-state index in [1.54, 1.807) is 13.3 Å². The smallest absolute Gasteiger partial charge is 0.219 e. The summed E-state index contributed by atoms with van der Waals surface area (Å²) in [7, 11) is 0. The van der Waals surface area contributed by atoms with Crippen molar-refractivity contribution in [3.63, 3.8) is 0 Å². The van der Waals surface area contributed by atoms with E-state index in [-0.39, 0.29) is 11.9 Å². The molecule has 0 aliphatic carbocycles. The SMILES string of the molecule is CC(=O)N1CCC[C@@H](Cc2cc(-c3ccnn3C(C)C)ncn2)C1. The van der Waals surface area contributed by atoms with Gasteiger partial charge in [0.2, 0.25) is 5.91 Å². The van der Waals surface area contributed by atoms with Gasteiger partial charge in [0, 0.05) is 37.9 Å². The molecule has 1 fully saturated rings. The summed E-state index contributed by atoms with van der Waals surface area (Å²) in [5.41, 5.74) is 2.96. The molecule has 1 aliphatic heterocycles. The lowest BCUT2D eigenvalue weighted by molar-refractivity contribution is -0.130. The van der Waals surface area contributed by atoms with Crippen LogP contribution in [0.25, 0.3) is 11.4 Å². The fourth-order valence-corrected chi connectivity index (χ4v) is 3.39. The third-order valence-corrected chi connectivity index (χ3v) is 4.61. The van der Waals surface area contributed by atoms with Crippen LogP contribution in [0.2, 0.25) is 0 Å².